The molecule has 8 heteroatoms. The van der Waals surface area contributed by atoms with E-state index in [2.05, 4.69) is 6.58 Å². The summed E-state index contributed by atoms with van der Waals surface area (Å²) in [6.07, 6.45) is 3.49. The molecule has 2 rings (SSSR count). The second-order valence-electron chi connectivity index (χ2n) is 6.11. The monoisotopic (exact) mass is 425 g/mol. The maximum absolute atomic E-state index is 11.9. The number of allylic oxidation sites excluding steroid dienone is 1. The Balaban J connectivity index is 2.39. The molecule has 3 amide bonds. The SMILES string of the molecule is C=CCc1cc(/C=C(/C#N)C(=O)NC(N)=O)cc(OC)c1OCc1ccc(Cl)cc1. The molecular formula is C22H20ClN3O4. The van der Waals surface area contributed by atoms with E-state index in [1.165, 1.54) is 13.2 Å². The van der Waals surface area contributed by atoms with Gasteiger partial charge in [-0.05, 0) is 47.9 Å². The van der Waals surface area contributed by atoms with Crippen LogP contribution in [0.15, 0.2) is 54.6 Å². The molecule has 0 fully saturated rings. The fourth-order valence-corrected chi connectivity index (χ4v) is 2.75. The molecule has 0 spiro atoms. The molecule has 154 valence electrons. The highest BCUT2D eigenvalue weighted by molar-refractivity contribution is 6.30. The third kappa shape index (κ3) is 6.12. The van der Waals surface area contributed by atoms with E-state index < -0.39 is 11.9 Å². The Kier molecular flexibility index (Phi) is 8.03. The van der Waals surface area contributed by atoms with Crippen LogP contribution in [0.3, 0.4) is 0 Å². The van der Waals surface area contributed by atoms with Gasteiger partial charge in [-0.15, -0.1) is 6.58 Å². The van der Waals surface area contributed by atoms with Gasteiger partial charge in [-0.2, -0.15) is 5.26 Å². The standard InChI is InChI=1S/C22H20ClN3O4/c1-3-4-16-9-15(10-17(12-24)21(27)26-22(25)28)11-19(29-2)20(16)30-13-14-5-7-18(23)8-6-14/h3,5-11H,1,4,13H2,2H3,(H3,25,26,27,28)/b17-10-. The van der Waals surface area contributed by atoms with E-state index >= 15 is 0 Å². The maximum atomic E-state index is 11.9. The number of imide groups is 1. The van der Waals surface area contributed by atoms with Gasteiger partial charge in [0.05, 0.1) is 7.11 Å². The summed E-state index contributed by atoms with van der Waals surface area (Å²) >= 11 is 5.91. The van der Waals surface area contributed by atoms with Crippen LogP contribution in [0.5, 0.6) is 11.5 Å². The Morgan fingerprint density at radius 1 is 1.30 bits per heavy atom. The van der Waals surface area contributed by atoms with Crippen molar-refractivity contribution in [2.45, 2.75) is 13.0 Å². The molecule has 0 saturated heterocycles. The van der Waals surface area contributed by atoms with Crippen molar-refractivity contribution >= 4 is 29.6 Å². The van der Waals surface area contributed by atoms with Crippen LogP contribution < -0.4 is 20.5 Å². The Hall–Kier alpha value is -3.76. The number of carbonyl (C=O) groups excluding carboxylic acids is 2. The van der Waals surface area contributed by atoms with Crippen molar-refractivity contribution in [3.05, 3.63) is 76.3 Å². The number of primary amides is 1. The van der Waals surface area contributed by atoms with Crippen LogP contribution in [0.25, 0.3) is 6.08 Å². The second kappa shape index (κ2) is 10.7. The molecule has 7 nitrogen and oxygen atoms in total. The van der Waals surface area contributed by atoms with Gasteiger partial charge in [0.25, 0.3) is 5.91 Å². The van der Waals surface area contributed by atoms with Crippen LogP contribution in [0.2, 0.25) is 5.02 Å². The summed E-state index contributed by atoms with van der Waals surface area (Å²) in [5, 5.41) is 11.7. The number of hydrogen-bond donors (Lipinski definition) is 2. The summed E-state index contributed by atoms with van der Waals surface area (Å²) in [7, 11) is 1.49. The van der Waals surface area contributed by atoms with Gasteiger partial charge < -0.3 is 15.2 Å². The molecule has 0 aliphatic carbocycles. The largest absolute Gasteiger partial charge is 0.493 e. The van der Waals surface area contributed by atoms with E-state index in [1.54, 1.807) is 36.4 Å². The maximum Gasteiger partial charge on any atom is 0.319 e. The first-order valence-electron chi connectivity index (χ1n) is 8.79. The Morgan fingerprint density at radius 3 is 2.57 bits per heavy atom. The zero-order chi connectivity index (χ0) is 22.1. The molecule has 0 saturated carbocycles. The number of halogens is 1. The summed E-state index contributed by atoms with van der Waals surface area (Å²) in [6, 6.07) is 11.3. The summed E-state index contributed by atoms with van der Waals surface area (Å²) in [4.78, 5) is 22.8. The van der Waals surface area contributed by atoms with E-state index in [0.29, 0.717) is 28.5 Å². The number of nitriles is 1. The first kappa shape index (κ1) is 22.5. The van der Waals surface area contributed by atoms with E-state index in [1.807, 2.05) is 17.4 Å². The highest BCUT2D eigenvalue weighted by atomic mass is 35.5. The lowest BCUT2D eigenvalue weighted by Crippen LogP contribution is -2.35. The van der Waals surface area contributed by atoms with Gasteiger partial charge in [-0.25, -0.2) is 4.79 Å². The van der Waals surface area contributed by atoms with Gasteiger partial charge in [0, 0.05) is 10.6 Å². The number of carbonyl (C=O) groups is 2. The quantitative estimate of drug-likeness (QED) is 0.379. The normalized spacial score (nSPS) is 10.6. The van der Waals surface area contributed by atoms with Crippen molar-refractivity contribution in [2.24, 2.45) is 5.73 Å². The topological polar surface area (TPSA) is 114 Å². The number of rotatable bonds is 8. The number of nitrogens with two attached hydrogens (primary N) is 1. The minimum absolute atomic E-state index is 0.282. The lowest BCUT2D eigenvalue weighted by atomic mass is 10.0. The fraction of sp³-hybridized carbons (Fsp3) is 0.136. The number of amides is 3. The average Bonchev–Trinajstić information content (AvgIpc) is 2.71. The van der Waals surface area contributed by atoms with Gasteiger partial charge in [0.2, 0.25) is 0 Å². The zero-order valence-electron chi connectivity index (χ0n) is 16.3. The second-order valence-corrected chi connectivity index (χ2v) is 6.54. The van der Waals surface area contributed by atoms with Crippen molar-refractivity contribution in [1.82, 2.24) is 5.32 Å². The fourth-order valence-electron chi connectivity index (χ4n) is 2.62. The number of methoxy groups -OCH3 is 1. The molecule has 3 N–H and O–H groups in total. The molecule has 30 heavy (non-hydrogen) atoms. The van der Waals surface area contributed by atoms with Crippen molar-refractivity contribution in [2.75, 3.05) is 7.11 Å². The Labute approximate surface area is 179 Å². The highest BCUT2D eigenvalue weighted by Gasteiger charge is 2.15. The molecule has 0 radical (unpaired) electrons. The van der Waals surface area contributed by atoms with Gasteiger partial charge in [-0.1, -0.05) is 29.8 Å². The van der Waals surface area contributed by atoms with E-state index in [4.69, 9.17) is 26.8 Å². The lowest BCUT2D eigenvalue weighted by Gasteiger charge is -2.16. The number of ether oxygens (including phenoxy) is 2. The molecule has 0 aliphatic heterocycles. The number of benzene rings is 2. The molecule has 0 heterocycles. The highest BCUT2D eigenvalue weighted by Crippen LogP contribution is 2.35. The van der Waals surface area contributed by atoms with Crippen molar-refractivity contribution in [1.29, 1.82) is 5.26 Å². The molecule has 2 aromatic carbocycles. The molecule has 0 aliphatic rings. The minimum atomic E-state index is -1.04. The Bertz CT molecular complexity index is 1020. The summed E-state index contributed by atoms with van der Waals surface area (Å²) in [5.41, 5.74) is 6.83. The van der Waals surface area contributed by atoms with Crippen LogP contribution in [0, 0.1) is 11.3 Å². The van der Waals surface area contributed by atoms with Crippen LogP contribution in [0.4, 0.5) is 4.79 Å². The smallest absolute Gasteiger partial charge is 0.319 e. The minimum Gasteiger partial charge on any atom is -0.493 e. The third-order valence-corrected chi connectivity index (χ3v) is 4.20. The average molecular weight is 426 g/mol. The first-order chi connectivity index (χ1) is 14.4. The summed E-state index contributed by atoms with van der Waals surface area (Å²) in [5.74, 6) is 0.0454. The Morgan fingerprint density at radius 2 is 2.00 bits per heavy atom. The summed E-state index contributed by atoms with van der Waals surface area (Å²) in [6.45, 7) is 4.04. The first-order valence-corrected chi connectivity index (χ1v) is 9.17. The molecule has 0 bridgehead atoms. The van der Waals surface area contributed by atoms with E-state index in [-0.39, 0.29) is 12.2 Å². The molecule has 0 unspecified atom stereocenters. The number of hydrogen-bond acceptors (Lipinski definition) is 5. The third-order valence-electron chi connectivity index (χ3n) is 3.95. The summed E-state index contributed by atoms with van der Waals surface area (Å²) < 4.78 is 11.4. The number of urea groups is 1. The predicted molar refractivity (Wildman–Crippen MR) is 114 cm³/mol. The van der Waals surface area contributed by atoms with E-state index in [9.17, 15) is 14.9 Å². The van der Waals surface area contributed by atoms with Crippen LogP contribution in [-0.2, 0) is 17.8 Å². The van der Waals surface area contributed by atoms with Crippen molar-refractivity contribution < 1.29 is 19.1 Å². The molecule has 0 atom stereocenters. The van der Waals surface area contributed by atoms with Gasteiger partial charge in [-0.3, -0.25) is 10.1 Å². The van der Waals surface area contributed by atoms with Crippen molar-refractivity contribution in [3.63, 3.8) is 0 Å². The molecular weight excluding hydrogens is 406 g/mol. The molecule has 0 aromatic heterocycles. The van der Waals surface area contributed by atoms with Crippen LogP contribution in [0.1, 0.15) is 16.7 Å². The van der Waals surface area contributed by atoms with Gasteiger partial charge >= 0.3 is 6.03 Å². The van der Waals surface area contributed by atoms with Gasteiger partial charge in [0.15, 0.2) is 11.5 Å². The zero-order valence-corrected chi connectivity index (χ0v) is 17.0. The lowest BCUT2D eigenvalue weighted by molar-refractivity contribution is -0.115. The number of nitrogens with one attached hydrogen (secondary N) is 1. The van der Waals surface area contributed by atoms with Gasteiger partial charge in [0.1, 0.15) is 18.2 Å². The van der Waals surface area contributed by atoms with Crippen molar-refractivity contribution in [3.8, 4) is 17.6 Å². The van der Waals surface area contributed by atoms with Crippen LogP contribution in [-0.4, -0.2) is 19.0 Å². The van der Waals surface area contributed by atoms with E-state index in [0.717, 1.165) is 11.1 Å². The predicted octanol–water partition coefficient (Wildman–Crippen LogP) is 3.76. The number of nitrogens with zero attached hydrogens (tertiary/aromatic N) is 1. The molecule has 2 aromatic rings. The van der Waals surface area contributed by atoms with Crippen LogP contribution >= 0.6 is 11.6 Å².